The van der Waals surface area contributed by atoms with E-state index in [0.717, 1.165) is 32.7 Å². The van der Waals surface area contributed by atoms with Gasteiger partial charge < -0.3 is 8.98 Å². The molecule has 154 valence electrons. The van der Waals surface area contributed by atoms with E-state index in [9.17, 15) is 4.79 Å². The molecule has 0 bridgehead atoms. The van der Waals surface area contributed by atoms with Crippen LogP contribution in [0.3, 0.4) is 0 Å². The average molecular weight is 476 g/mol. The normalized spacial score (nSPS) is 11.2. The second-order valence-corrected chi connectivity index (χ2v) is 9.97. The zero-order valence-electron chi connectivity index (χ0n) is 16.3. The number of halogens is 1. The lowest BCUT2D eigenvalue weighted by Gasteiger charge is -2.07. The number of aromatic nitrogens is 3. The fraction of sp³-hybridized carbons (Fsp3) is 0.190. The van der Waals surface area contributed by atoms with Crippen molar-refractivity contribution in [3.8, 4) is 5.69 Å². The lowest BCUT2D eigenvalue weighted by atomic mass is 10.2. The molecule has 5 nitrogen and oxygen atoms in total. The second kappa shape index (κ2) is 8.93. The first kappa shape index (κ1) is 21.1. The van der Waals surface area contributed by atoms with Crippen molar-refractivity contribution in [3.05, 3.63) is 80.4 Å². The number of benzene rings is 1. The Bertz CT molecular complexity index is 1240. The van der Waals surface area contributed by atoms with E-state index in [4.69, 9.17) is 28.2 Å². The van der Waals surface area contributed by atoms with Gasteiger partial charge in [0, 0.05) is 22.0 Å². The van der Waals surface area contributed by atoms with Crippen molar-refractivity contribution in [2.75, 3.05) is 5.75 Å². The van der Waals surface area contributed by atoms with Gasteiger partial charge in [-0.05, 0) is 68.5 Å². The van der Waals surface area contributed by atoms with Crippen molar-refractivity contribution in [1.29, 1.82) is 0 Å². The number of thioether (sulfide) groups is 1. The third kappa shape index (κ3) is 4.46. The fourth-order valence-electron chi connectivity index (χ4n) is 3.15. The number of ketones is 1. The van der Waals surface area contributed by atoms with Gasteiger partial charge in [0.15, 0.2) is 14.1 Å². The number of aryl methyl sites for hydroxylation is 1. The quantitative estimate of drug-likeness (QED) is 0.177. The summed E-state index contributed by atoms with van der Waals surface area (Å²) in [7, 11) is 0. The minimum absolute atomic E-state index is 0.0676. The fourth-order valence-corrected chi connectivity index (χ4v) is 5.53. The third-order valence-corrected chi connectivity index (χ3v) is 7.31. The van der Waals surface area contributed by atoms with Crippen LogP contribution in [-0.4, -0.2) is 25.9 Å². The molecule has 0 amide bonds. The summed E-state index contributed by atoms with van der Waals surface area (Å²) in [5.41, 5.74) is 3.54. The zero-order chi connectivity index (χ0) is 21.3. The van der Waals surface area contributed by atoms with Crippen LogP contribution in [0.1, 0.15) is 27.5 Å². The zero-order valence-corrected chi connectivity index (χ0v) is 19.5. The van der Waals surface area contributed by atoms with E-state index < -0.39 is 0 Å². The van der Waals surface area contributed by atoms with Crippen LogP contribution in [0.4, 0.5) is 0 Å². The van der Waals surface area contributed by atoms with Crippen LogP contribution >= 0.6 is 46.9 Å². The van der Waals surface area contributed by atoms with E-state index in [0.29, 0.717) is 21.3 Å². The van der Waals surface area contributed by atoms with E-state index >= 15 is 0 Å². The first-order valence-corrected chi connectivity index (χ1v) is 11.7. The number of hydrogen-bond donors (Lipinski definition) is 0. The first-order chi connectivity index (χ1) is 14.4. The molecule has 0 aliphatic rings. The van der Waals surface area contributed by atoms with Gasteiger partial charge >= 0.3 is 0 Å². The largest absolute Gasteiger partial charge is 0.467 e. The highest BCUT2D eigenvalue weighted by atomic mass is 35.5. The Morgan fingerprint density at radius 2 is 2.03 bits per heavy atom. The molecule has 0 N–H and O–H groups in total. The number of furan rings is 1. The Kier molecular flexibility index (Phi) is 6.29. The van der Waals surface area contributed by atoms with Crippen LogP contribution in [0.15, 0.2) is 57.5 Å². The predicted octanol–water partition coefficient (Wildman–Crippen LogP) is 6.35. The van der Waals surface area contributed by atoms with Crippen LogP contribution in [0.5, 0.6) is 0 Å². The Morgan fingerprint density at radius 3 is 2.73 bits per heavy atom. The van der Waals surface area contributed by atoms with Gasteiger partial charge in [0.1, 0.15) is 5.76 Å². The van der Waals surface area contributed by atoms with Crippen LogP contribution in [0.25, 0.3) is 5.69 Å². The number of Topliss-reactive ketones (excluding diaryl/α,β-unsaturated/α-hetero) is 1. The first-order valence-electron chi connectivity index (χ1n) is 9.13. The summed E-state index contributed by atoms with van der Waals surface area (Å²) in [6, 6.07) is 13.1. The van der Waals surface area contributed by atoms with Crippen molar-refractivity contribution >= 4 is 52.7 Å². The Morgan fingerprint density at radius 1 is 1.27 bits per heavy atom. The molecular weight excluding hydrogens is 458 g/mol. The summed E-state index contributed by atoms with van der Waals surface area (Å²) in [5.74, 6) is 1.23. The number of carbonyl (C=O) groups is 1. The summed E-state index contributed by atoms with van der Waals surface area (Å²) >= 11 is 14.2. The van der Waals surface area contributed by atoms with Crippen molar-refractivity contribution < 1.29 is 9.21 Å². The van der Waals surface area contributed by atoms with Crippen molar-refractivity contribution in [2.24, 2.45) is 0 Å². The van der Waals surface area contributed by atoms with Gasteiger partial charge in [0.2, 0.25) is 0 Å². The molecule has 0 atom stereocenters. The molecule has 0 saturated carbocycles. The SMILES string of the molecule is Cc1cc(C(=O)CSc2nn(-c3ccc(Cl)cc3)c(=S)s2)c(C)n1Cc1ccco1. The van der Waals surface area contributed by atoms with Crippen molar-refractivity contribution in [1.82, 2.24) is 14.3 Å². The van der Waals surface area contributed by atoms with Gasteiger partial charge in [-0.25, -0.2) is 4.68 Å². The highest BCUT2D eigenvalue weighted by Gasteiger charge is 2.18. The van der Waals surface area contributed by atoms with Crippen LogP contribution in [0.2, 0.25) is 5.02 Å². The molecule has 3 heterocycles. The molecule has 0 aliphatic heterocycles. The lowest BCUT2D eigenvalue weighted by molar-refractivity contribution is 0.102. The maximum absolute atomic E-state index is 12.9. The Balaban J connectivity index is 1.47. The predicted molar refractivity (Wildman–Crippen MR) is 124 cm³/mol. The smallest absolute Gasteiger partial charge is 0.184 e. The lowest BCUT2D eigenvalue weighted by Crippen LogP contribution is -2.07. The van der Waals surface area contributed by atoms with Gasteiger partial charge in [-0.1, -0.05) is 34.7 Å². The number of nitrogens with zero attached hydrogens (tertiary/aromatic N) is 3. The molecule has 9 heteroatoms. The minimum atomic E-state index is 0.0676. The molecule has 0 fully saturated rings. The maximum Gasteiger partial charge on any atom is 0.184 e. The number of hydrogen-bond acceptors (Lipinski definition) is 6. The molecule has 3 aromatic heterocycles. The van der Waals surface area contributed by atoms with Gasteiger partial charge in [0.25, 0.3) is 0 Å². The molecular formula is C21H18ClN3O2S3. The van der Waals surface area contributed by atoms with Crippen molar-refractivity contribution in [2.45, 2.75) is 24.7 Å². The van der Waals surface area contributed by atoms with E-state index in [2.05, 4.69) is 9.67 Å². The topological polar surface area (TPSA) is 53.0 Å². The standard InChI is InChI=1S/C21H18ClN3O2S3/c1-13-10-18(14(2)24(13)11-17-4-3-9-27-17)19(26)12-29-20-23-25(21(28)30-20)16-7-5-15(22)6-8-16/h3-10H,11-12H2,1-2H3. The van der Waals surface area contributed by atoms with Gasteiger partial charge in [0.05, 0.1) is 24.2 Å². The molecule has 1 aromatic carbocycles. The number of carbonyl (C=O) groups excluding carboxylic acids is 1. The monoisotopic (exact) mass is 475 g/mol. The van der Waals surface area contributed by atoms with E-state index in [1.54, 1.807) is 23.1 Å². The Labute approximate surface area is 192 Å². The summed E-state index contributed by atoms with van der Waals surface area (Å²) < 4.78 is 10.6. The highest BCUT2D eigenvalue weighted by molar-refractivity contribution is 8.01. The van der Waals surface area contributed by atoms with E-state index in [1.807, 2.05) is 44.2 Å². The van der Waals surface area contributed by atoms with Gasteiger partial charge in [-0.3, -0.25) is 4.79 Å². The minimum Gasteiger partial charge on any atom is -0.467 e. The van der Waals surface area contributed by atoms with Crippen LogP contribution < -0.4 is 0 Å². The van der Waals surface area contributed by atoms with Crippen molar-refractivity contribution in [3.63, 3.8) is 0 Å². The van der Waals surface area contributed by atoms with E-state index in [-0.39, 0.29) is 5.78 Å². The average Bonchev–Trinajstić information content (AvgIpc) is 3.43. The molecule has 4 aromatic rings. The van der Waals surface area contributed by atoms with Gasteiger partial charge in [-0.15, -0.1) is 5.10 Å². The molecule has 0 aliphatic carbocycles. The summed E-state index contributed by atoms with van der Waals surface area (Å²) in [5, 5.41) is 5.21. The molecule has 0 radical (unpaired) electrons. The molecule has 0 unspecified atom stereocenters. The van der Waals surface area contributed by atoms with Crippen LogP contribution in [-0.2, 0) is 6.54 Å². The molecule has 4 rings (SSSR count). The maximum atomic E-state index is 12.9. The Hall–Kier alpha value is -2.13. The van der Waals surface area contributed by atoms with E-state index in [1.165, 1.54) is 23.1 Å². The second-order valence-electron chi connectivity index (χ2n) is 6.68. The highest BCUT2D eigenvalue weighted by Crippen LogP contribution is 2.26. The molecule has 30 heavy (non-hydrogen) atoms. The summed E-state index contributed by atoms with van der Waals surface area (Å²) in [4.78, 5) is 12.9. The molecule has 0 spiro atoms. The third-order valence-electron chi connectivity index (χ3n) is 4.70. The summed E-state index contributed by atoms with van der Waals surface area (Å²) in [6.45, 7) is 4.57. The number of rotatable bonds is 7. The molecule has 0 saturated heterocycles. The summed E-state index contributed by atoms with van der Waals surface area (Å²) in [6.07, 6.45) is 1.66. The van der Waals surface area contributed by atoms with Gasteiger partial charge in [-0.2, -0.15) is 0 Å². The van der Waals surface area contributed by atoms with Crippen LogP contribution in [0, 0.1) is 17.8 Å².